The minimum atomic E-state index is -1.29. The zero-order valence-electron chi connectivity index (χ0n) is 11.6. The van der Waals surface area contributed by atoms with Gasteiger partial charge in [0, 0.05) is 5.41 Å². The molecular weight excluding hydrogens is 248 g/mol. The van der Waals surface area contributed by atoms with Crippen LogP contribution in [0.5, 0.6) is 0 Å². The lowest BCUT2D eigenvalue weighted by Crippen LogP contribution is -2.40. The molecule has 1 saturated carbocycles. The number of methoxy groups -OCH3 is 2. The van der Waals surface area contributed by atoms with Gasteiger partial charge in [0.2, 0.25) is 0 Å². The minimum Gasteiger partial charge on any atom is -0.468 e. The highest BCUT2D eigenvalue weighted by molar-refractivity contribution is 6.04. The van der Waals surface area contributed by atoms with E-state index in [1.165, 1.54) is 14.2 Å². The fourth-order valence-corrected chi connectivity index (χ4v) is 3.20. The number of hydrogen-bond donors (Lipinski definition) is 0. The Kier molecular flexibility index (Phi) is 3.03. The summed E-state index contributed by atoms with van der Waals surface area (Å²) in [4.78, 5) is 35.9. The Morgan fingerprint density at radius 2 is 1.74 bits per heavy atom. The first-order valence-electron chi connectivity index (χ1n) is 6.21. The molecular formula is C14H18O5. The van der Waals surface area contributed by atoms with Crippen LogP contribution in [0.25, 0.3) is 0 Å². The topological polar surface area (TPSA) is 69.7 Å². The standard InChI is InChI=1S/C14H18O5/c1-13(2)9-7-14(11(16)18-3,12(17)19-4)6-8(9)5-10(13)15/h5,9H,6-7H2,1-4H3/t9-/m1/s1. The first kappa shape index (κ1) is 13.8. The molecule has 2 rings (SSSR count). The summed E-state index contributed by atoms with van der Waals surface area (Å²) in [5.74, 6) is -1.22. The van der Waals surface area contributed by atoms with E-state index in [1.54, 1.807) is 6.08 Å². The molecule has 104 valence electrons. The second-order valence-corrected chi connectivity index (χ2v) is 5.80. The summed E-state index contributed by atoms with van der Waals surface area (Å²) in [6, 6.07) is 0. The first-order chi connectivity index (χ1) is 8.79. The molecule has 0 N–H and O–H groups in total. The van der Waals surface area contributed by atoms with Crippen molar-refractivity contribution < 1.29 is 23.9 Å². The molecule has 0 saturated heterocycles. The average Bonchev–Trinajstić information content (AvgIpc) is 2.85. The molecule has 0 spiro atoms. The number of carbonyl (C=O) groups is 3. The van der Waals surface area contributed by atoms with E-state index in [2.05, 4.69) is 0 Å². The maximum Gasteiger partial charge on any atom is 0.323 e. The summed E-state index contributed by atoms with van der Waals surface area (Å²) in [5.41, 5.74) is -1.01. The Bertz CT molecular complexity index is 470. The van der Waals surface area contributed by atoms with E-state index in [-0.39, 0.29) is 24.5 Å². The lowest BCUT2D eigenvalue weighted by molar-refractivity contribution is -0.169. The van der Waals surface area contributed by atoms with Crippen LogP contribution in [-0.4, -0.2) is 31.9 Å². The Hall–Kier alpha value is -1.65. The molecule has 0 amide bonds. The monoisotopic (exact) mass is 266 g/mol. The maximum absolute atomic E-state index is 12.0. The van der Waals surface area contributed by atoms with Gasteiger partial charge in [-0.15, -0.1) is 0 Å². The van der Waals surface area contributed by atoms with Crippen molar-refractivity contribution in [3.63, 3.8) is 0 Å². The highest BCUT2D eigenvalue weighted by atomic mass is 16.5. The van der Waals surface area contributed by atoms with Gasteiger partial charge in [0.05, 0.1) is 14.2 Å². The van der Waals surface area contributed by atoms with Crippen molar-refractivity contribution in [2.24, 2.45) is 16.7 Å². The van der Waals surface area contributed by atoms with E-state index in [1.807, 2.05) is 13.8 Å². The molecule has 2 aliphatic rings. The molecule has 19 heavy (non-hydrogen) atoms. The lowest BCUT2D eigenvalue weighted by atomic mass is 9.75. The second kappa shape index (κ2) is 4.18. The van der Waals surface area contributed by atoms with Crippen LogP contribution in [0.4, 0.5) is 0 Å². The summed E-state index contributed by atoms with van der Waals surface area (Å²) in [6.07, 6.45) is 2.06. The van der Waals surface area contributed by atoms with Crippen molar-refractivity contribution in [1.29, 1.82) is 0 Å². The summed E-state index contributed by atoms with van der Waals surface area (Å²) in [7, 11) is 2.51. The van der Waals surface area contributed by atoms with Crippen LogP contribution >= 0.6 is 0 Å². The third-order valence-corrected chi connectivity index (χ3v) is 4.48. The van der Waals surface area contributed by atoms with Crippen LogP contribution in [0.3, 0.4) is 0 Å². The average molecular weight is 266 g/mol. The zero-order chi connectivity index (χ0) is 14.4. The van der Waals surface area contributed by atoms with Gasteiger partial charge in [0.1, 0.15) is 0 Å². The maximum atomic E-state index is 12.0. The van der Waals surface area contributed by atoms with Gasteiger partial charge < -0.3 is 9.47 Å². The molecule has 0 aromatic rings. The third kappa shape index (κ3) is 1.71. The molecule has 0 unspecified atom stereocenters. The van der Waals surface area contributed by atoms with Crippen molar-refractivity contribution in [2.45, 2.75) is 26.7 Å². The van der Waals surface area contributed by atoms with Gasteiger partial charge in [0.25, 0.3) is 0 Å². The number of carbonyl (C=O) groups excluding carboxylic acids is 3. The summed E-state index contributed by atoms with van der Waals surface area (Å²) < 4.78 is 9.54. The van der Waals surface area contributed by atoms with E-state index in [9.17, 15) is 14.4 Å². The molecule has 1 atom stereocenters. The molecule has 0 bridgehead atoms. The van der Waals surface area contributed by atoms with Crippen molar-refractivity contribution >= 4 is 17.7 Å². The highest BCUT2D eigenvalue weighted by Crippen LogP contribution is 2.56. The normalized spacial score (nSPS) is 26.6. The molecule has 1 fully saturated rings. The highest BCUT2D eigenvalue weighted by Gasteiger charge is 2.61. The lowest BCUT2D eigenvalue weighted by Gasteiger charge is -2.27. The number of esters is 2. The largest absolute Gasteiger partial charge is 0.468 e. The van der Waals surface area contributed by atoms with Crippen molar-refractivity contribution in [3.8, 4) is 0 Å². The Labute approximate surface area is 111 Å². The van der Waals surface area contributed by atoms with Gasteiger partial charge >= 0.3 is 11.9 Å². The van der Waals surface area contributed by atoms with E-state index in [0.29, 0.717) is 0 Å². The molecule has 0 heterocycles. The third-order valence-electron chi connectivity index (χ3n) is 4.48. The predicted molar refractivity (Wildman–Crippen MR) is 66.1 cm³/mol. The fraction of sp³-hybridized carbons (Fsp3) is 0.643. The number of ketones is 1. The number of ether oxygens (including phenoxy) is 2. The predicted octanol–water partition coefficient (Wildman–Crippen LogP) is 1.26. The van der Waals surface area contributed by atoms with Gasteiger partial charge in [-0.1, -0.05) is 19.4 Å². The molecule has 2 aliphatic carbocycles. The number of hydrogen-bond acceptors (Lipinski definition) is 5. The molecule has 0 aromatic carbocycles. The number of rotatable bonds is 2. The van der Waals surface area contributed by atoms with E-state index in [0.717, 1.165) is 5.57 Å². The zero-order valence-corrected chi connectivity index (χ0v) is 11.6. The number of allylic oxidation sites excluding steroid dienone is 2. The van der Waals surface area contributed by atoms with Crippen LogP contribution in [0.1, 0.15) is 26.7 Å². The van der Waals surface area contributed by atoms with Crippen LogP contribution in [0, 0.1) is 16.7 Å². The van der Waals surface area contributed by atoms with E-state index < -0.39 is 22.8 Å². The van der Waals surface area contributed by atoms with Gasteiger partial charge in [-0.05, 0) is 24.8 Å². The summed E-state index contributed by atoms with van der Waals surface area (Å²) in [5, 5.41) is 0. The van der Waals surface area contributed by atoms with Gasteiger partial charge in [0.15, 0.2) is 11.2 Å². The van der Waals surface area contributed by atoms with E-state index in [4.69, 9.17) is 9.47 Å². The Balaban J connectivity index is 2.43. The fourth-order valence-electron chi connectivity index (χ4n) is 3.20. The van der Waals surface area contributed by atoms with Gasteiger partial charge in [-0.2, -0.15) is 0 Å². The first-order valence-corrected chi connectivity index (χ1v) is 6.21. The van der Waals surface area contributed by atoms with Crippen LogP contribution in [0.15, 0.2) is 11.6 Å². The molecule has 0 aliphatic heterocycles. The molecule has 0 radical (unpaired) electrons. The van der Waals surface area contributed by atoms with Crippen molar-refractivity contribution in [2.75, 3.05) is 14.2 Å². The number of fused-ring (bicyclic) bond motifs is 1. The van der Waals surface area contributed by atoms with Crippen LogP contribution in [-0.2, 0) is 23.9 Å². The molecule has 5 heteroatoms. The van der Waals surface area contributed by atoms with Gasteiger partial charge in [-0.25, -0.2) is 0 Å². The minimum absolute atomic E-state index is 0.0517. The SMILES string of the molecule is COC(=O)C1(C(=O)OC)CC2=CC(=O)C(C)(C)[C@@H]2C1. The van der Waals surface area contributed by atoms with Gasteiger partial charge in [-0.3, -0.25) is 14.4 Å². The molecule has 0 aromatic heterocycles. The van der Waals surface area contributed by atoms with E-state index >= 15 is 0 Å². The summed E-state index contributed by atoms with van der Waals surface area (Å²) >= 11 is 0. The van der Waals surface area contributed by atoms with Crippen LogP contribution in [0.2, 0.25) is 0 Å². The van der Waals surface area contributed by atoms with Crippen LogP contribution < -0.4 is 0 Å². The Morgan fingerprint density at radius 3 is 2.16 bits per heavy atom. The Morgan fingerprint density at radius 1 is 1.21 bits per heavy atom. The second-order valence-electron chi connectivity index (χ2n) is 5.80. The molecule has 5 nitrogen and oxygen atoms in total. The smallest absolute Gasteiger partial charge is 0.323 e. The summed E-state index contributed by atoms with van der Waals surface area (Å²) in [6.45, 7) is 3.68. The van der Waals surface area contributed by atoms with Crippen molar-refractivity contribution in [3.05, 3.63) is 11.6 Å². The quantitative estimate of drug-likeness (QED) is 0.556. The van der Waals surface area contributed by atoms with Crippen molar-refractivity contribution in [1.82, 2.24) is 0 Å².